The van der Waals surface area contributed by atoms with Gasteiger partial charge in [0.05, 0.1) is 29.8 Å². The van der Waals surface area contributed by atoms with Crippen LogP contribution in [0.2, 0.25) is 0 Å². The minimum absolute atomic E-state index is 0.0376. The number of thioether (sulfide) groups is 1. The van der Waals surface area contributed by atoms with Gasteiger partial charge in [-0.25, -0.2) is 9.79 Å². The van der Waals surface area contributed by atoms with E-state index in [9.17, 15) is 9.59 Å². The average Bonchev–Trinajstić information content (AvgIpc) is 3.08. The summed E-state index contributed by atoms with van der Waals surface area (Å²) in [5.74, 6) is -0.407. The van der Waals surface area contributed by atoms with E-state index >= 15 is 0 Å². The zero-order valence-electron chi connectivity index (χ0n) is 20.0. The number of amides is 1. The van der Waals surface area contributed by atoms with E-state index in [4.69, 9.17) is 9.73 Å². The van der Waals surface area contributed by atoms with E-state index in [-0.39, 0.29) is 30.4 Å². The van der Waals surface area contributed by atoms with Gasteiger partial charge in [-0.1, -0.05) is 42.4 Å². The molecule has 2 atom stereocenters. The quantitative estimate of drug-likeness (QED) is 0.577. The van der Waals surface area contributed by atoms with Crippen molar-refractivity contribution in [2.24, 2.45) is 4.99 Å². The van der Waals surface area contributed by atoms with Crippen molar-refractivity contribution in [3.63, 3.8) is 0 Å². The molecule has 0 fully saturated rings. The summed E-state index contributed by atoms with van der Waals surface area (Å²) in [7, 11) is 0. The van der Waals surface area contributed by atoms with E-state index in [0.717, 1.165) is 34.0 Å². The summed E-state index contributed by atoms with van der Waals surface area (Å²) < 4.78 is 5.61. The monoisotopic (exact) mass is 455 g/mol. The Kier molecular flexibility index (Phi) is 7.49. The number of amidine groups is 1. The highest BCUT2D eigenvalue weighted by Crippen LogP contribution is 2.45. The number of rotatable bonds is 7. The third kappa shape index (κ3) is 5.09. The number of carbonyl (C=O) groups excluding carboxylic acids is 2. The molecule has 0 radical (unpaired) electrons. The summed E-state index contributed by atoms with van der Waals surface area (Å²) in [6, 6.07) is 5.95. The number of nitrogens with zero attached hydrogens (tertiary/aromatic N) is 2. The van der Waals surface area contributed by atoms with Crippen LogP contribution in [0.1, 0.15) is 70.2 Å². The summed E-state index contributed by atoms with van der Waals surface area (Å²) in [5, 5.41) is 5.78. The Morgan fingerprint density at radius 1 is 1.22 bits per heavy atom. The fourth-order valence-corrected chi connectivity index (χ4v) is 4.89. The molecule has 3 rings (SSSR count). The number of hydrogen-bond acceptors (Lipinski definition) is 6. The van der Waals surface area contributed by atoms with Crippen molar-refractivity contribution >= 4 is 28.8 Å². The van der Waals surface area contributed by atoms with Crippen LogP contribution in [-0.2, 0) is 14.3 Å². The van der Waals surface area contributed by atoms with E-state index in [0.29, 0.717) is 11.3 Å². The van der Waals surface area contributed by atoms with Crippen molar-refractivity contribution in [1.29, 1.82) is 0 Å². The van der Waals surface area contributed by atoms with Gasteiger partial charge in [0, 0.05) is 11.7 Å². The number of benzene rings is 1. The molecule has 2 heterocycles. The van der Waals surface area contributed by atoms with E-state index in [1.54, 1.807) is 0 Å². The molecular weight excluding hydrogens is 422 g/mol. The Hall–Kier alpha value is -2.54. The SMILES string of the molecule is CC[C@H](C)NC(=O)CC1=CSC2=NC(C)=C(C(=O)OC(C)C)[C@H](c3ccc(C)cc3C)N12. The molecule has 1 N–H and O–H groups in total. The molecular formula is C25H33N3O3S. The first-order valence-electron chi connectivity index (χ1n) is 11.1. The first-order chi connectivity index (χ1) is 15.1. The maximum Gasteiger partial charge on any atom is 0.338 e. The predicted molar refractivity (Wildman–Crippen MR) is 130 cm³/mol. The van der Waals surface area contributed by atoms with Crippen LogP contribution in [0.15, 0.2) is 45.6 Å². The van der Waals surface area contributed by atoms with Gasteiger partial charge in [0.25, 0.3) is 0 Å². The van der Waals surface area contributed by atoms with Crippen molar-refractivity contribution < 1.29 is 14.3 Å². The standard InChI is InChI=1S/C25H33N3O3S/c1-8-17(6)26-21(29)12-19-13-32-25-27-18(7)22(24(30)31-14(2)3)23(28(19)25)20-10-9-15(4)11-16(20)5/h9-11,13-14,17,23H,8,12H2,1-7H3,(H,26,29)/t17-,23-/m0/s1. The number of fused-ring (bicyclic) bond motifs is 1. The van der Waals surface area contributed by atoms with Gasteiger partial charge in [0.2, 0.25) is 5.91 Å². The van der Waals surface area contributed by atoms with Gasteiger partial charge < -0.3 is 15.0 Å². The van der Waals surface area contributed by atoms with Crippen LogP contribution in [0.5, 0.6) is 0 Å². The highest BCUT2D eigenvalue weighted by molar-refractivity contribution is 8.16. The Balaban J connectivity index is 2.05. The third-order valence-corrected chi connectivity index (χ3v) is 6.53. The first kappa shape index (κ1) is 24.1. The van der Waals surface area contributed by atoms with Gasteiger partial charge in [-0.2, -0.15) is 0 Å². The van der Waals surface area contributed by atoms with E-state index in [2.05, 4.69) is 37.4 Å². The van der Waals surface area contributed by atoms with Crippen molar-refractivity contribution in [2.75, 3.05) is 0 Å². The van der Waals surface area contributed by atoms with Crippen LogP contribution in [0.25, 0.3) is 0 Å². The lowest BCUT2D eigenvalue weighted by Crippen LogP contribution is -2.39. The lowest BCUT2D eigenvalue weighted by molar-refractivity contribution is -0.143. The largest absolute Gasteiger partial charge is 0.459 e. The summed E-state index contributed by atoms with van der Waals surface area (Å²) in [4.78, 5) is 32.6. The maximum atomic E-state index is 13.2. The minimum Gasteiger partial charge on any atom is -0.459 e. The lowest BCUT2D eigenvalue weighted by Gasteiger charge is -2.37. The van der Waals surface area contributed by atoms with Gasteiger partial charge in [0.15, 0.2) is 5.17 Å². The summed E-state index contributed by atoms with van der Waals surface area (Å²) >= 11 is 1.49. The maximum absolute atomic E-state index is 13.2. The number of nitrogens with one attached hydrogen (secondary N) is 1. The molecule has 172 valence electrons. The Morgan fingerprint density at radius 3 is 2.56 bits per heavy atom. The number of carbonyl (C=O) groups is 2. The molecule has 0 aliphatic carbocycles. The van der Waals surface area contributed by atoms with Crippen LogP contribution < -0.4 is 5.32 Å². The molecule has 1 aromatic carbocycles. The molecule has 0 spiro atoms. The van der Waals surface area contributed by atoms with Gasteiger partial charge >= 0.3 is 5.97 Å². The molecule has 32 heavy (non-hydrogen) atoms. The van der Waals surface area contributed by atoms with Crippen molar-refractivity contribution in [3.8, 4) is 0 Å². The second kappa shape index (κ2) is 9.94. The lowest BCUT2D eigenvalue weighted by atomic mass is 9.90. The normalized spacial score (nSPS) is 18.9. The van der Waals surface area contributed by atoms with E-state index < -0.39 is 6.04 Å². The molecule has 0 aromatic heterocycles. The van der Waals surface area contributed by atoms with Crippen molar-refractivity contribution in [3.05, 3.63) is 57.3 Å². The fraction of sp³-hybridized carbons (Fsp3) is 0.480. The molecule has 0 bridgehead atoms. The van der Waals surface area contributed by atoms with Crippen molar-refractivity contribution in [1.82, 2.24) is 10.2 Å². The number of allylic oxidation sites excluding steroid dienone is 1. The van der Waals surface area contributed by atoms with Crippen LogP contribution in [0, 0.1) is 13.8 Å². The Bertz CT molecular complexity index is 1010. The second-order valence-electron chi connectivity index (χ2n) is 8.76. The highest BCUT2D eigenvalue weighted by atomic mass is 32.2. The molecule has 2 aliphatic heterocycles. The minimum atomic E-state index is -0.396. The van der Waals surface area contributed by atoms with Gasteiger partial charge in [-0.15, -0.1) is 0 Å². The highest BCUT2D eigenvalue weighted by Gasteiger charge is 2.41. The molecule has 7 heteroatoms. The molecule has 1 amide bonds. The smallest absolute Gasteiger partial charge is 0.338 e. The van der Waals surface area contributed by atoms with E-state index in [1.807, 2.05) is 44.9 Å². The Morgan fingerprint density at radius 2 is 1.94 bits per heavy atom. The molecule has 2 aliphatic rings. The topological polar surface area (TPSA) is 71.0 Å². The second-order valence-corrected chi connectivity index (χ2v) is 9.60. The molecule has 0 unspecified atom stereocenters. The van der Waals surface area contributed by atoms with Crippen LogP contribution >= 0.6 is 11.8 Å². The van der Waals surface area contributed by atoms with Crippen LogP contribution in [0.3, 0.4) is 0 Å². The van der Waals surface area contributed by atoms with Crippen molar-refractivity contribution in [2.45, 2.75) is 79.5 Å². The van der Waals surface area contributed by atoms with Gasteiger partial charge in [-0.3, -0.25) is 4.79 Å². The third-order valence-electron chi connectivity index (χ3n) is 5.64. The first-order valence-corrected chi connectivity index (χ1v) is 12.0. The molecule has 1 aromatic rings. The number of ether oxygens (including phenoxy) is 1. The fourth-order valence-electron chi connectivity index (χ4n) is 3.93. The zero-order valence-corrected chi connectivity index (χ0v) is 20.8. The zero-order chi connectivity index (χ0) is 23.6. The summed E-state index contributed by atoms with van der Waals surface area (Å²) in [5.41, 5.74) is 5.25. The summed E-state index contributed by atoms with van der Waals surface area (Å²) in [6.07, 6.45) is 0.856. The number of aryl methyl sites for hydroxylation is 2. The number of hydrogen-bond donors (Lipinski definition) is 1. The average molecular weight is 456 g/mol. The number of esters is 1. The molecule has 6 nitrogen and oxygen atoms in total. The van der Waals surface area contributed by atoms with E-state index in [1.165, 1.54) is 11.8 Å². The Labute approximate surface area is 195 Å². The van der Waals surface area contributed by atoms with Crippen LogP contribution in [-0.4, -0.2) is 34.1 Å². The summed E-state index contributed by atoms with van der Waals surface area (Å²) in [6.45, 7) is 13.7. The van der Waals surface area contributed by atoms with Crippen LogP contribution in [0.4, 0.5) is 0 Å². The molecule has 0 saturated carbocycles. The van der Waals surface area contributed by atoms with Gasteiger partial charge in [0.1, 0.15) is 0 Å². The molecule has 0 saturated heterocycles. The number of aliphatic imine (C=N–C) groups is 1. The predicted octanol–water partition coefficient (Wildman–Crippen LogP) is 5.13. The van der Waals surface area contributed by atoms with Gasteiger partial charge in [-0.05, 0) is 64.5 Å².